The number of hydrogen-bond acceptors (Lipinski definition) is 6. The molecule has 2 aromatic rings. The minimum atomic E-state index is -0.354. The van der Waals surface area contributed by atoms with Crippen LogP contribution in [0, 0.1) is 6.92 Å². The van der Waals surface area contributed by atoms with Crippen LogP contribution in [0.25, 0.3) is 10.2 Å². The highest BCUT2D eigenvalue weighted by atomic mass is 32.1. The number of allylic oxidation sites excluding steroid dienone is 1. The third-order valence-electron chi connectivity index (χ3n) is 3.32. The number of ether oxygens (including phenoxy) is 3. The van der Waals surface area contributed by atoms with E-state index >= 15 is 0 Å². The number of carbonyl (C=O) groups excluding carboxylic acids is 1. The second-order valence-corrected chi connectivity index (χ2v) is 5.82. The number of benzene rings is 1. The van der Waals surface area contributed by atoms with Gasteiger partial charge in [-0.2, -0.15) is 0 Å². The number of hydrogen-bond donors (Lipinski definition) is 1. The van der Waals surface area contributed by atoms with E-state index in [-0.39, 0.29) is 11.7 Å². The van der Waals surface area contributed by atoms with Crippen LogP contribution in [0.4, 0.5) is 5.13 Å². The molecule has 2 heterocycles. The van der Waals surface area contributed by atoms with Gasteiger partial charge in [-0.3, -0.25) is 10.1 Å². The second kappa shape index (κ2) is 5.84. The lowest BCUT2D eigenvalue weighted by Gasteiger charge is -2.18. The summed E-state index contributed by atoms with van der Waals surface area (Å²) in [5, 5.41) is 3.26. The minimum absolute atomic E-state index is 0.203. The maximum Gasteiger partial charge on any atom is 0.296 e. The molecule has 0 fully saturated rings. The molecule has 6 nitrogen and oxygen atoms in total. The SMILES string of the molecule is COc1ccc(C)c2sc(NC(=O)C3=C(C)OCCO3)nc12. The standard InChI is InChI=1S/C15H16N2O4S/c1-8-4-5-10(19-3)11-13(8)22-15(16-11)17-14(18)12-9(2)20-6-7-21-12/h4-5H,6-7H2,1-3H3,(H,16,17,18). The molecule has 1 amide bonds. The van der Waals surface area contributed by atoms with Crippen molar-refractivity contribution in [1.29, 1.82) is 0 Å². The Kier molecular flexibility index (Phi) is 3.89. The molecule has 0 atom stereocenters. The largest absolute Gasteiger partial charge is 0.494 e. The average molecular weight is 320 g/mol. The maximum atomic E-state index is 12.3. The normalized spacial score (nSPS) is 14.5. The molecule has 1 N–H and O–H groups in total. The fourth-order valence-electron chi connectivity index (χ4n) is 2.21. The van der Waals surface area contributed by atoms with E-state index in [9.17, 15) is 4.79 Å². The summed E-state index contributed by atoms with van der Waals surface area (Å²) < 4.78 is 17.0. The smallest absolute Gasteiger partial charge is 0.296 e. The number of fused-ring (bicyclic) bond motifs is 1. The molecular formula is C15H16N2O4S. The third-order valence-corrected chi connectivity index (χ3v) is 4.42. The quantitative estimate of drug-likeness (QED) is 0.941. The first-order valence-corrected chi connectivity index (χ1v) is 7.63. The van der Waals surface area contributed by atoms with E-state index in [4.69, 9.17) is 14.2 Å². The second-order valence-electron chi connectivity index (χ2n) is 4.82. The molecule has 0 saturated heterocycles. The van der Waals surface area contributed by atoms with Crippen LogP contribution in [0.15, 0.2) is 23.7 Å². The van der Waals surface area contributed by atoms with Gasteiger partial charge in [-0.25, -0.2) is 4.98 Å². The predicted molar refractivity (Wildman–Crippen MR) is 84.1 cm³/mol. The minimum Gasteiger partial charge on any atom is -0.494 e. The van der Waals surface area contributed by atoms with Crippen LogP contribution in [0.5, 0.6) is 5.75 Å². The first-order chi connectivity index (χ1) is 10.6. The molecule has 116 valence electrons. The summed E-state index contributed by atoms with van der Waals surface area (Å²) in [5.74, 6) is 1.02. The third kappa shape index (κ3) is 2.59. The summed E-state index contributed by atoms with van der Waals surface area (Å²) in [7, 11) is 1.60. The highest BCUT2D eigenvalue weighted by molar-refractivity contribution is 7.22. The summed E-state index contributed by atoms with van der Waals surface area (Å²) in [6.45, 7) is 4.53. The van der Waals surface area contributed by atoms with E-state index in [0.29, 0.717) is 29.9 Å². The fraction of sp³-hybridized carbons (Fsp3) is 0.333. The summed E-state index contributed by atoms with van der Waals surface area (Å²) >= 11 is 1.40. The van der Waals surface area contributed by atoms with Crippen molar-refractivity contribution in [2.45, 2.75) is 13.8 Å². The number of nitrogens with zero attached hydrogens (tertiary/aromatic N) is 1. The van der Waals surface area contributed by atoms with Crippen molar-refractivity contribution in [2.75, 3.05) is 25.6 Å². The Labute approximate surface area is 131 Å². The number of rotatable bonds is 3. The van der Waals surface area contributed by atoms with Crippen molar-refractivity contribution in [1.82, 2.24) is 4.98 Å². The first-order valence-electron chi connectivity index (χ1n) is 6.82. The fourth-order valence-corrected chi connectivity index (χ4v) is 3.16. The summed E-state index contributed by atoms with van der Waals surface area (Å²) in [4.78, 5) is 16.7. The molecule has 7 heteroatoms. The number of aromatic nitrogens is 1. The van der Waals surface area contributed by atoms with E-state index < -0.39 is 0 Å². The van der Waals surface area contributed by atoms with Crippen LogP contribution in [0.2, 0.25) is 0 Å². The van der Waals surface area contributed by atoms with Crippen molar-refractivity contribution in [3.63, 3.8) is 0 Å². The van der Waals surface area contributed by atoms with Gasteiger partial charge in [0.2, 0.25) is 5.76 Å². The number of methoxy groups -OCH3 is 1. The van der Waals surface area contributed by atoms with Gasteiger partial charge < -0.3 is 14.2 Å². The van der Waals surface area contributed by atoms with Crippen molar-refractivity contribution in [2.24, 2.45) is 0 Å². The highest BCUT2D eigenvalue weighted by Crippen LogP contribution is 2.35. The lowest BCUT2D eigenvalue weighted by Crippen LogP contribution is -2.23. The molecule has 1 aromatic heterocycles. The van der Waals surface area contributed by atoms with Gasteiger partial charge in [0.25, 0.3) is 5.91 Å². The molecule has 0 unspecified atom stereocenters. The monoisotopic (exact) mass is 320 g/mol. The van der Waals surface area contributed by atoms with Crippen LogP contribution >= 0.6 is 11.3 Å². The lowest BCUT2D eigenvalue weighted by atomic mass is 10.2. The molecule has 1 aliphatic rings. The molecule has 0 bridgehead atoms. The average Bonchev–Trinajstić information content (AvgIpc) is 2.92. The number of anilines is 1. The van der Waals surface area contributed by atoms with Gasteiger partial charge in [-0.1, -0.05) is 17.4 Å². The summed E-state index contributed by atoms with van der Waals surface area (Å²) in [6, 6.07) is 3.84. The van der Waals surface area contributed by atoms with Gasteiger partial charge in [0, 0.05) is 0 Å². The molecule has 1 aromatic carbocycles. The molecule has 1 aliphatic heterocycles. The van der Waals surface area contributed by atoms with Crippen molar-refractivity contribution >= 4 is 32.6 Å². The number of amides is 1. The van der Waals surface area contributed by atoms with Crippen LogP contribution in [-0.2, 0) is 14.3 Å². The molecular weight excluding hydrogens is 304 g/mol. The Balaban J connectivity index is 1.91. The zero-order valence-electron chi connectivity index (χ0n) is 12.6. The number of aryl methyl sites for hydroxylation is 1. The lowest BCUT2D eigenvalue weighted by molar-refractivity contribution is -0.117. The van der Waals surface area contributed by atoms with E-state index in [2.05, 4.69) is 10.3 Å². The molecule has 3 rings (SSSR count). The van der Waals surface area contributed by atoms with E-state index in [0.717, 1.165) is 15.8 Å². The van der Waals surface area contributed by atoms with Gasteiger partial charge in [-0.05, 0) is 25.5 Å². The summed E-state index contributed by atoms with van der Waals surface area (Å²) in [6.07, 6.45) is 0. The molecule has 22 heavy (non-hydrogen) atoms. The van der Waals surface area contributed by atoms with Gasteiger partial charge in [-0.15, -0.1) is 0 Å². The first kappa shape index (κ1) is 14.6. The highest BCUT2D eigenvalue weighted by Gasteiger charge is 2.21. The van der Waals surface area contributed by atoms with Crippen LogP contribution in [-0.4, -0.2) is 31.2 Å². The molecule has 0 aliphatic carbocycles. The number of thiazole rings is 1. The van der Waals surface area contributed by atoms with Crippen molar-refractivity contribution < 1.29 is 19.0 Å². The topological polar surface area (TPSA) is 69.7 Å². The Morgan fingerprint density at radius 3 is 2.82 bits per heavy atom. The molecule has 0 saturated carbocycles. The predicted octanol–water partition coefficient (Wildman–Crippen LogP) is 2.83. The Morgan fingerprint density at radius 1 is 1.32 bits per heavy atom. The molecule has 0 spiro atoms. The van der Waals surface area contributed by atoms with E-state index in [1.165, 1.54) is 11.3 Å². The maximum absolute atomic E-state index is 12.3. The summed E-state index contributed by atoms with van der Waals surface area (Å²) in [5.41, 5.74) is 1.83. The number of nitrogens with one attached hydrogen (secondary N) is 1. The number of carbonyl (C=O) groups is 1. The van der Waals surface area contributed by atoms with Crippen LogP contribution < -0.4 is 10.1 Å². The zero-order valence-corrected chi connectivity index (χ0v) is 13.4. The van der Waals surface area contributed by atoms with Crippen molar-refractivity contribution in [3.05, 3.63) is 29.2 Å². The Hall–Kier alpha value is -2.28. The molecule has 0 radical (unpaired) electrons. The zero-order chi connectivity index (χ0) is 15.7. The van der Waals surface area contributed by atoms with Gasteiger partial charge in [0.05, 0.1) is 11.8 Å². The van der Waals surface area contributed by atoms with E-state index in [1.54, 1.807) is 14.0 Å². The van der Waals surface area contributed by atoms with Crippen LogP contribution in [0.3, 0.4) is 0 Å². The van der Waals surface area contributed by atoms with Gasteiger partial charge >= 0.3 is 0 Å². The van der Waals surface area contributed by atoms with Crippen molar-refractivity contribution in [3.8, 4) is 5.75 Å². The van der Waals surface area contributed by atoms with Gasteiger partial charge in [0.15, 0.2) is 5.13 Å². The Bertz CT molecular complexity index is 766. The van der Waals surface area contributed by atoms with E-state index in [1.807, 2.05) is 19.1 Å². The Morgan fingerprint density at radius 2 is 2.09 bits per heavy atom. The van der Waals surface area contributed by atoms with Gasteiger partial charge in [0.1, 0.15) is 30.2 Å². The van der Waals surface area contributed by atoms with Crippen LogP contribution in [0.1, 0.15) is 12.5 Å².